The Kier molecular flexibility index (Phi) is 5.49. The van der Waals surface area contributed by atoms with E-state index in [-0.39, 0.29) is 19.4 Å². The summed E-state index contributed by atoms with van der Waals surface area (Å²) in [5, 5.41) is 1.92. The van der Waals surface area contributed by atoms with Crippen molar-refractivity contribution in [2.75, 3.05) is 6.61 Å². The number of amides is 3. The number of carbonyl (C=O) groups excluding carboxylic acids is 3. The number of nitrogens with two attached hydrogens (primary N) is 1. The van der Waals surface area contributed by atoms with Gasteiger partial charge in [0.1, 0.15) is 5.41 Å². The first-order valence-electron chi connectivity index (χ1n) is 5.22. The lowest BCUT2D eigenvalue weighted by molar-refractivity contribution is -0.161. The molecule has 16 heavy (non-hydrogen) atoms. The van der Waals surface area contributed by atoms with E-state index in [1.165, 1.54) is 0 Å². The van der Waals surface area contributed by atoms with Crippen molar-refractivity contribution in [3.05, 3.63) is 0 Å². The van der Waals surface area contributed by atoms with E-state index >= 15 is 0 Å². The largest absolute Gasteiger partial charge is 0.465 e. The first kappa shape index (κ1) is 14.4. The minimum atomic E-state index is -1.33. The fraction of sp³-hybridized carbons (Fsp3) is 0.700. The van der Waals surface area contributed by atoms with E-state index in [2.05, 4.69) is 0 Å². The highest BCUT2D eigenvalue weighted by molar-refractivity contribution is 6.08. The molecular weight excluding hydrogens is 212 g/mol. The number of primary amides is 1. The first-order valence-corrected chi connectivity index (χ1v) is 5.22. The van der Waals surface area contributed by atoms with Crippen molar-refractivity contribution >= 4 is 17.9 Å². The van der Waals surface area contributed by atoms with Crippen LogP contribution in [0.1, 0.15) is 33.6 Å². The van der Waals surface area contributed by atoms with Crippen molar-refractivity contribution in [3.8, 4) is 0 Å². The minimum Gasteiger partial charge on any atom is -0.465 e. The zero-order chi connectivity index (χ0) is 12.8. The summed E-state index contributed by atoms with van der Waals surface area (Å²) in [6.07, 6.45) is 0.503. The number of hydrogen-bond acceptors (Lipinski definition) is 4. The van der Waals surface area contributed by atoms with Crippen LogP contribution in [0.3, 0.4) is 0 Å². The maximum Gasteiger partial charge on any atom is 0.321 e. The Bertz CT molecular complexity index is 285. The molecule has 0 bridgehead atoms. The molecule has 92 valence electrons. The van der Waals surface area contributed by atoms with Gasteiger partial charge in [0.2, 0.25) is 5.91 Å². The summed E-state index contributed by atoms with van der Waals surface area (Å²) in [6.45, 7) is 5.20. The third-order valence-corrected chi connectivity index (χ3v) is 2.54. The minimum absolute atomic E-state index is 0.185. The van der Waals surface area contributed by atoms with E-state index in [1.807, 2.05) is 5.32 Å². The molecule has 6 heteroatoms. The first-order chi connectivity index (χ1) is 7.44. The van der Waals surface area contributed by atoms with Crippen LogP contribution in [-0.4, -0.2) is 24.5 Å². The molecule has 0 aromatic heterocycles. The van der Waals surface area contributed by atoms with Crippen LogP contribution in [0.15, 0.2) is 0 Å². The van der Waals surface area contributed by atoms with Crippen LogP contribution in [0.25, 0.3) is 0 Å². The average Bonchev–Trinajstić information content (AvgIpc) is 2.19. The van der Waals surface area contributed by atoms with Crippen molar-refractivity contribution in [2.24, 2.45) is 11.1 Å². The summed E-state index contributed by atoms with van der Waals surface area (Å²) in [7, 11) is 0. The predicted octanol–water partition coefficient (Wildman–Crippen LogP) is 0.551. The predicted molar refractivity (Wildman–Crippen MR) is 57.4 cm³/mol. The quantitative estimate of drug-likeness (QED) is 0.532. The molecule has 3 amide bonds. The second-order valence-corrected chi connectivity index (χ2v) is 3.33. The molecule has 3 N–H and O–H groups in total. The van der Waals surface area contributed by atoms with Gasteiger partial charge in [0.25, 0.3) is 0 Å². The molecular formula is C10H18N2O4. The maximum atomic E-state index is 11.7. The molecule has 6 nitrogen and oxygen atoms in total. The van der Waals surface area contributed by atoms with Crippen LogP contribution in [-0.2, 0) is 14.3 Å². The lowest BCUT2D eigenvalue weighted by Gasteiger charge is -2.26. The lowest BCUT2D eigenvalue weighted by Crippen LogP contribution is -2.50. The monoisotopic (exact) mass is 230 g/mol. The van der Waals surface area contributed by atoms with Crippen LogP contribution in [0, 0.1) is 5.41 Å². The Morgan fingerprint density at radius 2 is 1.69 bits per heavy atom. The Hall–Kier alpha value is -1.59. The third kappa shape index (κ3) is 2.95. The molecule has 0 aliphatic heterocycles. The Morgan fingerprint density at radius 3 is 2.00 bits per heavy atom. The summed E-state index contributed by atoms with van der Waals surface area (Å²) in [6, 6.07) is -0.972. The summed E-state index contributed by atoms with van der Waals surface area (Å²) >= 11 is 0. The highest BCUT2D eigenvalue weighted by atomic mass is 16.5. The number of imide groups is 1. The summed E-state index contributed by atoms with van der Waals surface area (Å²) in [5.41, 5.74) is 3.52. The van der Waals surface area contributed by atoms with Crippen molar-refractivity contribution in [1.82, 2.24) is 5.32 Å². The molecule has 0 aromatic carbocycles. The number of urea groups is 1. The van der Waals surface area contributed by atoms with Gasteiger partial charge in [0, 0.05) is 0 Å². The second kappa shape index (κ2) is 6.09. The lowest BCUT2D eigenvalue weighted by atomic mass is 9.81. The summed E-state index contributed by atoms with van der Waals surface area (Å²) in [5.74, 6) is -1.33. The molecule has 0 rings (SSSR count). The fourth-order valence-corrected chi connectivity index (χ4v) is 1.45. The van der Waals surface area contributed by atoms with Gasteiger partial charge < -0.3 is 10.5 Å². The number of ether oxygens (including phenoxy) is 1. The van der Waals surface area contributed by atoms with Gasteiger partial charge in [-0.05, 0) is 19.8 Å². The van der Waals surface area contributed by atoms with Crippen molar-refractivity contribution in [2.45, 2.75) is 33.6 Å². The Labute approximate surface area is 94.5 Å². The second-order valence-electron chi connectivity index (χ2n) is 3.33. The molecule has 0 aliphatic rings. The molecule has 0 heterocycles. The third-order valence-electron chi connectivity index (χ3n) is 2.54. The van der Waals surface area contributed by atoms with Crippen LogP contribution < -0.4 is 11.1 Å². The van der Waals surface area contributed by atoms with E-state index in [1.54, 1.807) is 20.8 Å². The SMILES string of the molecule is CCOC(=O)C(CC)(CC)C(=O)NC(N)=O. The van der Waals surface area contributed by atoms with Crippen LogP contribution in [0.2, 0.25) is 0 Å². The van der Waals surface area contributed by atoms with Gasteiger partial charge in [-0.15, -0.1) is 0 Å². The van der Waals surface area contributed by atoms with Crippen LogP contribution >= 0.6 is 0 Å². The van der Waals surface area contributed by atoms with Gasteiger partial charge in [0.05, 0.1) is 6.61 Å². The molecule has 0 saturated heterocycles. The summed E-state index contributed by atoms with van der Waals surface area (Å²) < 4.78 is 4.84. The Balaban J connectivity index is 5.00. The van der Waals surface area contributed by atoms with Gasteiger partial charge in [-0.2, -0.15) is 0 Å². The van der Waals surface area contributed by atoms with Gasteiger partial charge >= 0.3 is 12.0 Å². The van der Waals surface area contributed by atoms with Gasteiger partial charge in [-0.1, -0.05) is 13.8 Å². The van der Waals surface area contributed by atoms with Gasteiger partial charge in [-0.3, -0.25) is 14.9 Å². The van der Waals surface area contributed by atoms with Gasteiger partial charge in [0.15, 0.2) is 0 Å². The Morgan fingerprint density at radius 1 is 1.19 bits per heavy atom. The van der Waals surface area contributed by atoms with Crippen molar-refractivity contribution < 1.29 is 19.1 Å². The zero-order valence-electron chi connectivity index (χ0n) is 9.83. The van der Waals surface area contributed by atoms with E-state index < -0.39 is 23.3 Å². The molecule has 0 saturated carbocycles. The smallest absolute Gasteiger partial charge is 0.321 e. The van der Waals surface area contributed by atoms with Crippen LogP contribution in [0.5, 0.6) is 0 Å². The highest BCUT2D eigenvalue weighted by Gasteiger charge is 2.44. The van der Waals surface area contributed by atoms with Crippen LogP contribution in [0.4, 0.5) is 4.79 Å². The standard InChI is InChI=1S/C10H18N2O4/c1-4-10(5-2,8(14)16-6-3)7(13)12-9(11)15/h4-6H2,1-3H3,(H3,11,12,13,15). The molecule has 0 fully saturated rings. The number of rotatable bonds is 5. The average molecular weight is 230 g/mol. The molecule has 0 spiro atoms. The number of carbonyl (C=O) groups is 3. The highest BCUT2D eigenvalue weighted by Crippen LogP contribution is 2.28. The molecule has 0 radical (unpaired) electrons. The maximum absolute atomic E-state index is 11.7. The molecule has 0 unspecified atom stereocenters. The van der Waals surface area contributed by atoms with Gasteiger partial charge in [-0.25, -0.2) is 4.79 Å². The molecule has 0 atom stereocenters. The summed E-state index contributed by atoms with van der Waals surface area (Å²) in [4.78, 5) is 34.1. The fourth-order valence-electron chi connectivity index (χ4n) is 1.45. The van der Waals surface area contributed by atoms with E-state index in [0.717, 1.165) is 0 Å². The van der Waals surface area contributed by atoms with Crippen molar-refractivity contribution in [3.63, 3.8) is 0 Å². The number of hydrogen-bond donors (Lipinski definition) is 2. The van der Waals surface area contributed by atoms with E-state index in [9.17, 15) is 14.4 Å². The molecule has 0 aromatic rings. The van der Waals surface area contributed by atoms with E-state index in [0.29, 0.717) is 0 Å². The number of nitrogens with one attached hydrogen (secondary N) is 1. The zero-order valence-corrected chi connectivity index (χ0v) is 9.83. The number of esters is 1. The topological polar surface area (TPSA) is 98.5 Å². The van der Waals surface area contributed by atoms with E-state index in [4.69, 9.17) is 10.5 Å². The molecule has 0 aliphatic carbocycles. The normalized spacial score (nSPS) is 10.7. The van der Waals surface area contributed by atoms with Crippen molar-refractivity contribution in [1.29, 1.82) is 0 Å².